The molecule has 1 heterocycles. The van der Waals surface area contributed by atoms with Crippen LogP contribution in [0, 0.1) is 6.92 Å². The van der Waals surface area contributed by atoms with Crippen LogP contribution in [0.1, 0.15) is 16.7 Å². The van der Waals surface area contributed by atoms with Crippen LogP contribution in [0.2, 0.25) is 0 Å². The molecule has 0 aliphatic carbocycles. The molecule has 6 heteroatoms. The summed E-state index contributed by atoms with van der Waals surface area (Å²) in [6.45, 7) is 2.57. The molecular formula is C19H19N3O2S. The number of ether oxygens (including phenoxy) is 1. The van der Waals surface area contributed by atoms with Crippen molar-refractivity contribution < 1.29 is 9.53 Å². The van der Waals surface area contributed by atoms with Crippen molar-refractivity contribution in [3.63, 3.8) is 0 Å². The van der Waals surface area contributed by atoms with Gasteiger partial charge >= 0.3 is 0 Å². The lowest BCUT2D eigenvalue weighted by molar-refractivity contribution is -0.124. The highest BCUT2D eigenvalue weighted by Crippen LogP contribution is 2.23. The molecule has 0 atom stereocenters. The Morgan fingerprint density at radius 1 is 1.20 bits per heavy atom. The Balaban J connectivity index is 1.73. The van der Waals surface area contributed by atoms with Crippen molar-refractivity contribution in [2.24, 2.45) is 10.2 Å². The second-order valence-corrected chi connectivity index (χ2v) is 6.54. The predicted molar refractivity (Wildman–Crippen MR) is 102 cm³/mol. The fourth-order valence-electron chi connectivity index (χ4n) is 2.42. The number of hydrogen-bond donors (Lipinski definition) is 0. The first-order valence-corrected chi connectivity index (χ1v) is 8.88. The van der Waals surface area contributed by atoms with Gasteiger partial charge in [0.1, 0.15) is 5.75 Å². The summed E-state index contributed by atoms with van der Waals surface area (Å²) in [5, 5.41) is 9.01. The van der Waals surface area contributed by atoms with Crippen LogP contribution in [0.3, 0.4) is 0 Å². The van der Waals surface area contributed by atoms with Crippen LogP contribution in [0.5, 0.6) is 5.75 Å². The average Bonchev–Trinajstić information content (AvgIpc) is 2.98. The van der Waals surface area contributed by atoms with Crippen LogP contribution in [0.15, 0.2) is 58.7 Å². The van der Waals surface area contributed by atoms with Crippen molar-refractivity contribution in [2.45, 2.75) is 13.5 Å². The number of benzene rings is 2. The van der Waals surface area contributed by atoms with Gasteiger partial charge in [-0.25, -0.2) is 0 Å². The number of aryl methyl sites for hydroxylation is 1. The van der Waals surface area contributed by atoms with Crippen molar-refractivity contribution in [3.05, 3.63) is 65.2 Å². The Kier molecular flexibility index (Phi) is 5.50. The molecule has 3 rings (SSSR count). The van der Waals surface area contributed by atoms with Gasteiger partial charge < -0.3 is 4.74 Å². The molecule has 0 aromatic heterocycles. The first kappa shape index (κ1) is 17.2. The van der Waals surface area contributed by atoms with Gasteiger partial charge in [-0.05, 0) is 47.9 Å². The summed E-state index contributed by atoms with van der Waals surface area (Å²) >= 11 is 1.42. The van der Waals surface area contributed by atoms with Crippen molar-refractivity contribution in [1.82, 2.24) is 4.90 Å². The molecular weight excluding hydrogens is 334 g/mol. The summed E-state index contributed by atoms with van der Waals surface area (Å²) in [7, 11) is 1.63. The number of amidine groups is 1. The molecule has 5 nitrogen and oxygen atoms in total. The maximum absolute atomic E-state index is 12.2. The van der Waals surface area contributed by atoms with Gasteiger partial charge in [0.2, 0.25) is 5.91 Å². The minimum absolute atomic E-state index is 0.0617. The molecule has 128 valence electrons. The average molecular weight is 353 g/mol. The lowest BCUT2D eigenvalue weighted by Crippen LogP contribution is -2.29. The SMILES string of the molecule is COc1ccc(C=NN=C2SCC(=O)N2Cc2ccccc2C)cc1. The molecule has 0 saturated carbocycles. The summed E-state index contributed by atoms with van der Waals surface area (Å²) in [6, 6.07) is 15.6. The zero-order chi connectivity index (χ0) is 17.6. The van der Waals surface area contributed by atoms with Crippen molar-refractivity contribution >= 4 is 29.1 Å². The van der Waals surface area contributed by atoms with Gasteiger partial charge in [-0.2, -0.15) is 5.10 Å². The van der Waals surface area contributed by atoms with E-state index in [0.29, 0.717) is 17.5 Å². The number of amides is 1. The Morgan fingerprint density at radius 3 is 2.68 bits per heavy atom. The predicted octanol–water partition coefficient (Wildman–Crippen LogP) is 3.47. The molecule has 1 fully saturated rings. The number of thioether (sulfide) groups is 1. The van der Waals surface area contributed by atoms with Gasteiger partial charge in [0.15, 0.2) is 5.17 Å². The van der Waals surface area contributed by atoms with E-state index >= 15 is 0 Å². The van der Waals surface area contributed by atoms with Gasteiger partial charge in [0.05, 0.1) is 25.6 Å². The molecule has 2 aromatic carbocycles. The van der Waals surface area contributed by atoms with Crippen LogP contribution in [-0.4, -0.2) is 35.1 Å². The molecule has 0 bridgehead atoms. The maximum atomic E-state index is 12.2. The number of carbonyl (C=O) groups excluding carboxylic acids is 1. The number of nitrogens with zero attached hydrogens (tertiary/aromatic N) is 3. The van der Waals surface area contributed by atoms with Crippen molar-refractivity contribution in [1.29, 1.82) is 0 Å². The normalized spacial score (nSPS) is 16.2. The van der Waals surface area contributed by atoms with E-state index in [1.807, 2.05) is 55.5 Å². The van der Waals surface area contributed by atoms with E-state index in [2.05, 4.69) is 10.2 Å². The summed E-state index contributed by atoms with van der Waals surface area (Å²) in [4.78, 5) is 13.9. The summed E-state index contributed by atoms with van der Waals surface area (Å²) in [5.74, 6) is 1.26. The summed E-state index contributed by atoms with van der Waals surface area (Å²) in [6.07, 6.45) is 1.67. The molecule has 1 aliphatic rings. The molecule has 1 aliphatic heterocycles. The number of rotatable bonds is 5. The lowest BCUT2D eigenvalue weighted by Gasteiger charge is -2.16. The maximum Gasteiger partial charge on any atom is 0.239 e. The first-order valence-electron chi connectivity index (χ1n) is 7.90. The largest absolute Gasteiger partial charge is 0.497 e. The molecule has 25 heavy (non-hydrogen) atoms. The lowest BCUT2D eigenvalue weighted by atomic mass is 10.1. The molecule has 0 radical (unpaired) electrons. The second kappa shape index (κ2) is 7.98. The van der Waals surface area contributed by atoms with Crippen LogP contribution >= 0.6 is 11.8 Å². The molecule has 1 saturated heterocycles. The third-order valence-electron chi connectivity index (χ3n) is 3.91. The fourth-order valence-corrected chi connectivity index (χ4v) is 3.26. The summed E-state index contributed by atoms with van der Waals surface area (Å²) in [5.41, 5.74) is 3.20. The Bertz CT molecular complexity index is 816. The highest BCUT2D eigenvalue weighted by atomic mass is 32.2. The monoisotopic (exact) mass is 353 g/mol. The molecule has 0 N–H and O–H groups in total. The first-order chi connectivity index (χ1) is 12.2. The van der Waals surface area contributed by atoms with E-state index in [0.717, 1.165) is 22.4 Å². The Labute approximate surface area is 151 Å². The van der Waals surface area contributed by atoms with E-state index in [9.17, 15) is 4.79 Å². The van der Waals surface area contributed by atoms with Crippen LogP contribution in [-0.2, 0) is 11.3 Å². The van der Waals surface area contributed by atoms with Crippen LogP contribution in [0.25, 0.3) is 0 Å². The second-order valence-electron chi connectivity index (χ2n) is 5.60. The van der Waals surface area contributed by atoms with E-state index in [-0.39, 0.29) is 5.91 Å². The number of carbonyl (C=O) groups is 1. The minimum Gasteiger partial charge on any atom is -0.497 e. The van der Waals surface area contributed by atoms with Gasteiger partial charge in [0.25, 0.3) is 0 Å². The molecule has 0 unspecified atom stereocenters. The topological polar surface area (TPSA) is 54.3 Å². The highest BCUT2D eigenvalue weighted by molar-refractivity contribution is 8.15. The summed E-state index contributed by atoms with van der Waals surface area (Å²) < 4.78 is 5.13. The van der Waals surface area contributed by atoms with E-state index < -0.39 is 0 Å². The third-order valence-corrected chi connectivity index (χ3v) is 4.86. The number of hydrogen-bond acceptors (Lipinski definition) is 5. The van der Waals surface area contributed by atoms with E-state index in [4.69, 9.17) is 4.74 Å². The zero-order valence-corrected chi connectivity index (χ0v) is 15.0. The van der Waals surface area contributed by atoms with Crippen molar-refractivity contribution in [2.75, 3.05) is 12.9 Å². The molecule has 0 spiro atoms. The van der Waals surface area contributed by atoms with Gasteiger partial charge in [-0.1, -0.05) is 36.0 Å². The van der Waals surface area contributed by atoms with Gasteiger partial charge in [-0.3, -0.25) is 9.69 Å². The molecule has 2 aromatic rings. The Hall–Kier alpha value is -2.60. The van der Waals surface area contributed by atoms with Crippen molar-refractivity contribution in [3.8, 4) is 5.75 Å². The standard InChI is InChI=1S/C19H19N3O2S/c1-14-5-3-4-6-16(14)12-22-18(23)13-25-19(22)21-20-11-15-7-9-17(24-2)10-8-15/h3-11H,12-13H2,1-2H3. The van der Waals surface area contributed by atoms with Gasteiger partial charge in [0, 0.05) is 0 Å². The smallest absolute Gasteiger partial charge is 0.239 e. The zero-order valence-electron chi connectivity index (χ0n) is 14.2. The number of methoxy groups -OCH3 is 1. The van der Waals surface area contributed by atoms with Gasteiger partial charge in [-0.15, -0.1) is 5.10 Å². The highest BCUT2D eigenvalue weighted by Gasteiger charge is 2.28. The third kappa shape index (κ3) is 4.28. The fraction of sp³-hybridized carbons (Fsp3) is 0.211. The minimum atomic E-state index is 0.0617. The van der Waals surface area contributed by atoms with Crippen LogP contribution < -0.4 is 4.74 Å². The van der Waals surface area contributed by atoms with E-state index in [1.165, 1.54) is 11.8 Å². The van der Waals surface area contributed by atoms with Crippen LogP contribution in [0.4, 0.5) is 0 Å². The van der Waals surface area contributed by atoms with E-state index in [1.54, 1.807) is 18.2 Å². The molecule has 1 amide bonds. The quantitative estimate of drug-likeness (QED) is 0.611. The Morgan fingerprint density at radius 2 is 1.96 bits per heavy atom.